The average molecular weight is 217 g/mol. The Kier molecular flexibility index (Phi) is 2.68. The number of aromatic amines is 1. The molecule has 0 saturated heterocycles. The lowest BCUT2D eigenvalue weighted by Crippen LogP contribution is -2.00. The molecule has 2 rings (SSSR count). The molecule has 1 N–H and O–H groups in total. The molecule has 0 amide bonds. The molecule has 5 nitrogen and oxygen atoms in total. The lowest BCUT2D eigenvalue weighted by atomic mass is 10.0. The van der Waals surface area contributed by atoms with Gasteiger partial charge in [-0.05, 0) is 18.2 Å². The van der Waals surface area contributed by atoms with E-state index in [1.54, 1.807) is 6.07 Å². The molecule has 0 spiro atoms. The van der Waals surface area contributed by atoms with Crippen LogP contribution in [-0.4, -0.2) is 14.9 Å². The van der Waals surface area contributed by atoms with Crippen molar-refractivity contribution in [3.63, 3.8) is 0 Å². The Balaban J connectivity index is 2.25. The Bertz CT molecular complexity index is 476. The maximum Gasteiger partial charge on any atom is 0.287 e. The van der Waals surface area contributed by atoms with Gasteiger partial charge in [0.1, 0.15) is 6.20 Å². The highest BCUT2D eigenvalue weighted by molar-refractivity contribution is 5.30. The van der Waals surface area contributed by atoms with Gasteiger partial charge in [0.15, 0.2) is 0 Å². The van der Waals surface area contributed by atoms with Gasteiger partial charge in [0, 0.05) is 29.6 Å². The zero-order valence-corrected chi connectivity index (χ0v) is 8.75. The van der Waals surface area contributed by atoms with Gasteiger partial charge in [-0.15, -0.1) is 0 Å². The van der Waals surface area contributed by atoms with Crippen molar-refractivity contribution in [2.45, 2.75) is 12.8 Å². The van der Waals surface area contributed by atoms with E-state index in [0.29, 0.717) is 0 Å². The van der Waals surface area contributed by atoms with Gasteiger partial charge in [-0.1, -0.05) is 6.92 Å². The number of pyridine rings is 1. The van der Waals surface area contributed by atoms with E-state index < -0.39 is 4.92 Å². The lowest BCUT2D eigenvalue weighted by molar-refractivity contribution is -0.385. The molecule has 0 radical (unpaired) electrons. The molecule has 0 aliphatic heterocycles. The minimum Gasteiger partial charge on any atom is -0.364 e. The Morgan fingerprint density at radius 3 is 2.75 bits per heavy atom. The molecule has 0 aliphatic rings. The number of hydrogen-bond acceptors (Lipinski definition) is 3. The van der Waals surface area contributed by atoms with Crippen molar-refractivity contribution in [1.82, 2.24) is 9.97 Å². The molecule has 2 heterocycles. The second kappa shape index (κ2) is 4.14. The first-order valence-electron chi connectivity index (χ1n) is 4.92. The standard InChI is InChI=1S/C11H11N3O2/c1-8(10-3-2-6-12-10)11-5-4-9(7-13-11)14(15)16/h2-8,12H,1H3. The maximum absolute atomic E-state index is 10.5. The van der Waals surface area contributed by atoms with Crippen LogP contribution < -0.4 is 0 Å². The first kappa shape index (κ1) is 10.4. The molecule has 0 aromatic carbocycles. The van der Waals surface area contributed by atoms with Crippen molar-refractivity contribution in [3.8, 4) is 0 Å². The predicted octanol–water partition coefficient (Wildman–Crippen LogP) is 2.47. The zero-order valence-electron chi connectivity index (χ0n) is 8.75. The van der Waals surface area contributed by atoms with Crippen molar-refractivity contribution in [2.24, 2.45) is 0 Å². The summed E-state index contributed by atoms with van der Waals surface area (Å²) in [5.41, 5.74) is 1.87. The van der Waals surface area contributed by atoms with Crippen LogP contribution in [-0.2, 0) is 0 Å². The molecule has 2 aromatic rings. The highest BCUT2D eigenvalue weighted by Gasteiger charge is 2.12. The van der Waals surface area contributed by atoms with Gasteiger partial charge in [0.25, 0.3) is 5.69 Å². The summed E-state index contributed by atoms with van der Waals surface area (Å²) in [5, 5.41) is 10.5. The van der Waals surface area contributed by atoms with E-state index in [-0.39, 0.29) is 11.6 Å². The minimum absolute atomic E-state index is 0.0161. The topological polar surface area (TPSA) is 71.8 Å². The Morgan fingerprint density at radius 2 is 2.25 bits per heavy atom. The first-order chi connectivity index (χ1) is 7.68. The zero-order chi connectivity index (χ0) is 11.5. The van der Waals surface area contributed by atoms with Crippen molar-refractivity contribution in [1.29, 1.82) is 0 Å². The fourth-order valence-corrected chi connectivity index (χ4v) is 1.53. The number of nitrogens with zero attached hydrogens (tertiary/aromatic N) is 2. The van der Waals surface area contributed by atoms with Gasteiger partial charge >= 0.3 is 0 Å². The van der Waals surface area contributed by atoms with E-state index >= 15 is 0 Å². The summed E-state index contributed by atoms with van der Waals surface area (Å²) in [6.45, 7) is 2.00. The molecule has 2 aromatic heterocycles. The van der Waals surface area contributed by atoms with Gasteiger partial charge in [0.05, 0.1) is 4.92 Å². The van der Waals surface area contributed by atoms with E-state index in [0.717, 1.165) is 11.4 Å². The summed E-state index contributed by atoms with van der Waals surface area (Å²) < 4.78 is 0. The van der Waals surface area contributed by atoms with Crippen LogP contribution in [0.2, 0.25) is 0 Å². The molecule has 0 bridgehead atoms. The van der Waals surface area contributed by atoms with Crippen LogP contribution >= 0.6 is 0 Å². The second-order valence-electron chi connectivity index (χ2n) is 3.55. The lowest BCUT2D eigenvalue weighted by Gasteiger charge is -2.08. The molecule has 16 heavy (non-hydrogen) atoms. The third-order valence-electron chi connectivity index (χ3n) is 2.51. The number of hydrogen-bond donors (Lipinski definition) is 1. The Hall–Kier alpha value is -2.17. The SMILES string of the molecule is CC(c1ccc([N+](=O)[O-])cn1)c1ccc[nH]1. The smallest absolute Gasteiger partial charge is 0.287 e. The normalized spacial score (nSPS) is 12.3. The number of aromatic nitrogens is 2. The second-order valence-corrected chi connectivity index (χ2v) is 3.55. The average Bonchev–Trinajstić information content (AvgIpc) is 2.81. The van der Waals surface area contributed by atoms with Gasteiger partial charge in [-0.25, -0.2) is 0 Å². The molecular formula is C11H11N3O2. The molecule has 1 atom stereocenters. The molecular weight excluding hydrogens is 206 g/mol. The van der Waals surface area contributed by atoms with Crippen LogP contribution in [0.25, 0.3) is 0 Å². The maximum atomic E-state index is 10.5. The monoisotopic (exact) mass is 217 g/mol. The van der Waals surface area contributed by atoms with Gasteiger partial charge in [-0.2, -0.15) is 0 Å². The summed E-state index contributed by atoms with van der Waals surface area (Å²) in [7, 11) is 0. The summed E-state index contributed by atoms with van der Waals surface area (Å²) >= 11 is 0. The number of rotatable bonds is 3. The van der Waals surface area contributed by atoms with Gasteiger partial charge in [0.2, 0.25) is 0 Å². The Morgan fingerprint density at radius 1 is 1.44 bits per heavy atom. The molecule has 1 unspecified atom stereocenters. The molecule has 5 heteroatoms. The molecule has 0 fully saturated rings. The fraction of sp³-hybridized carbons (Fsp3) is 0.182. The number of nitro groups is 1. The third kappa shape index (κ3) is 1.93. The summed E-state index contributed by atoms with van der Waals surface area (Å²) in [6, 6.07) is 7.04. The highest BCUT2D eigenvalue weighted by Crippen LogP contribution is 2.21. The van der Waals surface area contributed by atoms with Crippen molar-refractivity contribution in [3.05, 3.63) is 58.2 Å². The predicted molar refractivity (Wildman–Crippen MR) is 59.2 cm³/mol. The van der Waals surface area contributed by atoms with Gasteiger partial charge < -0.3 is 4.98 Å². The van der Waals surface area contributed by atoms with E-state index in [1.165, 1.54) is 12.3 Å². The van der Waals surface area contributed by atoms with E-state index in [4.69, 9.17) is 0 Å². The van der Waals surface area contributed by atoms with Crippen LogP contribution in [0.1, 0.15) is 24.2 Å². The van der Waals surface area contributed by atoms with Crippen LogP contribution in [0.3, 0.4) is 0 Å². The van der Waals surface area contributed by atoms with Crippen molar-refractivity contribution in [2.75, 3.05) is 0 Å². The third-order valence-corrected chi connectivity index (χ3v) is 2.51. The molecule has 0 saturated carbocycles. The first-order valence-corrected chi connectivity index (χ1v) is 4.92. The van der Waals surface area contributed by atoms with Gasteiger partial charge in [-0.3, -0.25) is 15.1 Å². The van der Waals surface area contributed by atoms with Crippen LogP contribution in [0.5, 0.6) is 0 Å². The van der Waals surface area contributed by atoms with Crippen LogP contribution in [0.15, 0.2) is 36.7 Å². The summed E-state index contributed by atoms with van der Waals surface area (Å²) in [4.78, 5) is 17.2. The van der Waals surface area contributed by atoms with Crippen molar-refractivity contribution < 1.29 is 4.92 Å². The Labute approximate surface area is 92.3 Å². The number of H-pyrrole nitrogens is 1. The van der Waals surface area contributed by atoms with E-state index in [1.807, 2.05) is 25.3 Å². The molecule has 0 aliphatic carbocycles. The summed E-state index contributed by atoms with van der Waals surface area (Å²) in [6.07, 6.45) is 3.13. The van der Waals surface area contributed by atoms with E-state index in [9.17, 15) is 10.1 Å². The van der Waals surface area contributed by atoms with Crippen LogP contribution in [0, 0.1) is 10.1 Å². The van der Waals surface area contributed by atoms with Crippen molar-refractivity contribution >= 4 is 5.69 Å². The largest absolute Gasteiger partial charge is 0.364 e. The van der Waals surface area contributed by atoms with Crippen LogP contribution in [0.4, 0.5) is 5.69 Å². The molecule has 82 valence electrons. The van der Waals surface area contributed by atoms with E-state index in [2.05, 4.69) is 9.97 Å². The fourth-order valence-electron chi connectivity index (χ4n) is 1.53. The quantitative estimate of drug-likeness (QED) is 0.634. The number of nitrogens with one attached hydrogen (secondary N) is 1. The summed E-state index contributed by atoms with van der Waals surface area (Å²) in [5.74, 6) is 0.107. The minimum atomic E-state index is -0.448. The highest BCUT2D eigenvalue weighted by atomic mass is 16.6.